The van der Waals surface area contributed by atoms with Gasteiger partial charge in [-0.1, -0.05) is 12.2 Å². The van der Waals surface area contributed by atoms with Crippen LogP contribution in [-0.4, -0.2) is 39.9 Å². The molecule has 1 fully saturated rings. The average molecular weight is 319 g/mol. The second-order valence-corrected chi connectivity index (χ2v) is 6.44. The number of likely N-dealkylation sites (tertiary alicyclic amines) is 1. The molecular formula is C12H15ClN2O2S2. The van der Waals surface area contributed by atoms with Crippen LogP contribution < -0.4 is 5.73 Å². The Morgan fingerprint density at radius 3 is 2.63 bits per heavy atom. The number of thioether (sulfide) groups is 1. The van der Waals surface area contributed by atoms with Crippen molar-refractivity contribution < 1.29 is 9.21 Å². The highest BCUT2D eigenvalue weighted by Gasteiger charge is 2.38. The summed E-state index contributed by atoms with van der Waals surface area (Å²) in [5.74, 6) is -0.101. The van der Waals surface area contributed by atoms with Gasteiger partial charge in [-0.3, -0.25) is 4.79 Å². The molecule has 0 spiro atoms. The smallest absolute Gasteiger partial charge is 0.258 e. The molecule has 0 radical (unpaired) electrons. The van der Waals surface area contributed by atoms with Gasteiger partial charge in [0, 0.05) is 13.1 Å². The van der Waals surface area contributed by atoms with Gasteiger partial charge in [0.05, 0.1) is 21.6 Å². The predicted octanol–water partition coefficient (Wildman–Crippen LogP) is 2.56. The lowest BCUT2D eigenvalue weighted by Crippen LogP contribution is -2.50. The first-order valence-corrected chi connectivity index (χ1v) is 7.88. The average Bonchev–Trinajstić information content (AvgIpc) is 2.84. The van der Waals surface area contributed by atoms with Gasteiger partial charge in [0.25, 0.3) is 5.91 Å². The molecule has 1 aliphatic rings. The molecule has 1 aromatic heterocycles. The van der Waals surface area contributed by atoms with Crippen LogP contribution in [0.25, 0.3) is 0 Å². The standard InChI is InChI=1S/C12H15ClN2O2S2/c1-19-12(11(14)18)3-5-15(6-4-12)10(16)8-2-7-17-9(8)13/h2,7H,3-6H2,1H3,(H2,14,18). The molecule has 0 bridgehead atoms. The van der Waals surface area contributed by atoms with Crippen LogP contribution in [0.15, 0.2) is 16.7 Å². The lowest BCUT2D eigenvalue weighted by molar-refractivity contribution is 0.0718. The Balaban J connectivity index is 2.06. The number of nitrogens with two attached hydrogens (primary N) is 1. The monoisotopic (exact) mass is 318 g/mol. The fraction of sp³-hybridized carbons (Fsp3) is 0.500. The zero-order valence-electron chi connectivity index (χ0n) is 10.5. The van der Waals surface area contributed by atoms with E-state index in [1.54, 1.807) is 22.7 Å². The van der Waals surface area contributed by atoms with E-state index >= 15 is 0 Å². The second kappa shape index (κ2) is 5.73. The van der Waals surface area contributed by atoms with Crippen molar-refractivity contribution in [1.29, 1.82) is 0 Å². The third-order valence-electron chi connectivity index (χ3n) is 3.55. The van der Waals surface area contributed by atoms with Crippen molar-refractivity contribution in [3.63, 3.8) is 0 Å². The summed E-state index contributed by atoms with van der Waals surface area (Å²) in [7, 11) is 0. The van der Waals surface area contributed by atoms with Gasteiger partial charge in [-0.05, 0) is 36.8 Å². The van der Waals surface area contributed by atoms with Gasteiger partial charge in [-0.15, -0.1) is 0 Å². The summed E-state index contributed by atoms with van der Waals surface area (Å²) in [6, 6.07) is 1.59. The first kappa shape index (κ1) is 14.7. The Morgan fingerprint density at radius 2 is 2.21 bits per heavy atom. The number of furan rings is 1. The summed E-state index contributed by atoms with van der Waals surface area (Å²) >= 11 is 12.6. The maximum absolute atomic E-state index is 12.3. The minimum atomic E-state index is -0.188. The minimum absolute atomic E-state index is 0.101. The lowest BCUT2D eigenvalue weighted by atomic mass is 9.95. The molecule has 19 heavy (non-hydrogen) atoms. The fourth-order valence-corrected chi connectivity index (χ4v) is 3.68. The second-order valence-electron chi connectivity index (χ2n) is 4.46. The minimum Gasteiger partial charge on any atom is -0.452 e. The van der Waals surface area contributed by atoms with Crippen LogP contribution in [0.1, 0.15) is 23.2 Å². The van der Waals surface area contributed by atoms with E-state index in [9.17, 15) is 4.79 Å². The van der Waals surface area contributed by atoms with Gasteiger partial charge in [0.1, 0.15) is 0 Å². The van der Waals surface area contributed by atoms with E-state index in [-0.39, 0.29) is 15.9 Å². The molecule has 0 saturated carbocycles. The maximum atomic E-state index is 12.3. The quantitative estimate of drug-likeness (QED) is 0.868. The molecule has 2 N–H and O–H groups in total. The number of hydrogen-bond donors (Lipinski definition) is 1. The Kier molecular flexibility index (Phi) is 4.43. The summed E-state index contributed by atoms with van der Waals surface area (Å²) in [6.45, 7) is 1.25. The Labute approximate surface area is 126 Å². The molecule has 1 saturated heterocycles. The molecule has 1 aliphatic heterocycles. The number of carbonyl (C=O) groups excluding carboxylic acids is 1. The number of amides is 1. The highest BCUT2D eigenvalue weighted by molar-refractivity contribution is 8.02. The van der Waals surface area contributed by atoms with E-state index in [1.165, 1.54) is 6.26 Å². The van der Waals surface area contributed by atoms with Gasteiger partial charge in [0.2, 0.25) is 5.22 Å². The summed E-state index contributed by atoms with van der Waals surface area (Å²) < 4.78 is 4.76. The molecule has 0 unspecified atom stereocenters. The lowest BCUT2D eigenvalue weighted by Gasteiger charge is -2.39. The molecule has 0 aliphatic carbocycles. The van der Waals surface area contributed by atoms with Crippen LogP contribution in [0.4, 0.5) is 0 Å². The largest absolute Gasteiger partial charge is 0.452 e. The molecule has 0 aromatic carbocycles. The molecule has 4 nitrogen and oxygen atoms in total. The molecule has 104 valence electrons. The first-order valence-electron chi connectivity index (χ1n) is 5.87. The molecular weight excluding hydrogens is 304 g/mol. The van der Waals surface area contributed by atoms with Crippen LogP contribution in [0.3, 0.4) is 0 Å². The topological polar surface area (TPSA) is 59.5 Å². The van der Waals surface area contributed by atoms with E-state index in [0.717, 1.165) is 12.8 Å². The van der Waals surface area contributed by atoms with Gasteiger partial charge in [-0.25, -0.2) is 0 Å². The van der Waals surface area contributed by atoms with Gasteiger partial charge < -0.3 is 15.1 Å². The maximum Gasteiger partial charge on any atom is 0.258 e. The van der Waals surface area contributed by atoms with Crippen molar-refractivity contribution in [3.05, 3.63) is 23.1 Å². The number of piperidine rings is 1. The Bertz CT molecular complexity index is 496. The van der Waals surface area contributed by atoms with Crippen LogP contribution in [-0.2, 0) is 0 Å². The van der Waals surface area contributed by atoms with E-state index in [2.05, 4.69) is 0 Å². The number of nitrogens with zero attached hydrogens (tertiary/aromatic N) is 1. The van der Waals surface area contributed by atoms with Crippen LogP contribution >= 0.6 is 35.6 Å². The van der Waals surface area contributed by atoms with Crippen molar-refractivity contribution in [2.24, 2.45) is 5.73 Å². The van der Waals surface area contributed by atoms with Gasteiger partial charge >= 0.3 is 0 Å². The Morgan fingerprint density at radius 1 is 1.58 bits per heavy atom. The van der Waals surface area contributed by atoms with Crippen molar-refractivity contribution in [3.8, 4) is 0 Å². The number of carbonyl (C=O) groups is 1. The van der Waals surface area contributed by atoms with Crippen molar-refractivity contribution in [1.82, 2.24) is 4.90 Å². The molecule has 2 heterocycles. The normalized spacial score (nSPS) is 18.3. The van der Waals surface area contributed by atoms with E-state index in [0.29, 0.717) is 23.6 Å². The van der Waals surface area contributed by atoms with E-state index in [1.807, 2.05) is 6.26 Å². The first-order chi connectivity index (χ1) is 9.00. The van der Waals surface area contributed by atoms with E-state index in [4.69, 9.17) is 34.0 Å². The zero-order valence-corrected chi connectivity index (χ0v) is 12.9. The van der Waals surface area contributed by atoms with Crippen LogP contribution in [0.5, 0.6) is 0 Å². The van der Waals surface area contributed by atoms with Crippen LogP contribution in [0.2, 0.25) is 5.22 Å². The highest BCUT2D eigenvalue weighted by Crippen LogP contribution is 2.35. The highest BCUT2D eigenvalue weighted by atomic mass is 35.5. The van der Waals surface area contributed by atoms with Crippen molar-refractivity contribution in [2.75, 3.05) is 19.3 Å². The number of hydrogen-bond acceptors (Lipinski definition) is 4. The molecule has 2 rings (SSSR count). The third-order valence-corrected chi connectivity index (χ3v) is 5.77. The van der Waals surface area contributed by atoms with Crippen LogP contribution in [0, 0.1) is 0 Å². The summed E-state index contributed by atoms with van der Waals surface area (Å²) in [6.07, 6.45) is 4.96. The third kappa shape index (κ3) is 2.75. The summed E-state index contributed by atoms with van der Waals surface area (Å²) in [5.41, 5.74) is 6.23. The van der Waals surface area contributed by atoms with Gasteiger partial charge in [0.15, 0.2) is 0 Å². The van der Waals surface area contributed by atoms with Crippen molar-refractivity contribution in [2.45, 2.75) is 17.6 Å². The number of rotatable bonds is 3. The fourth-order valence-electron chi connectivity index (χ4n) is 2.24. The summed E-state index contributed by atoms with van der Waals surface area (Å²) in [4.78, 5) is 14.6. The molecule has 0 atom stereocenters. The number of halogens is 1. The molecule has 1 amide bonds. The SMILES string of the molecule is CSC1(C(N)=S)CCN(C(=O)c2ccoc2Cl)CC1. The Hall–Kier alpha value is -0.720. The predicted molar refractivity (Wildman–Crippen MR) is 81.9 cm³/mol. The molecule has 7 heteroatoms. The zero-order chi connectivity index (χ0) is 14.0. The van der Waals surface area contributed by atoms with E-state index < -0.39 is 0 Å². The summed E-state index contributed by atoms with van der Waals surface area (Å²) in [5, 5.41) is 0.140. The number of thiocarbonyl (C=S) groups is 1. The van der Waals surface area contributed by atoms with Gasteiger partial charge in [-0.2, -0.15) is 11.8 Å². The van der Waals surface area contributed by atoms with Crippen molar-refractivity contribution >= 4 is 46.5 Å². The molecule has 1 aromatic rings.